The molecule has 0 bridgehead atoms. The predicted octanol–water partition coefficient (Wildman–Crippen LogP) is 3.12. The monoisotopic (exact) mass is 563 g/mol. The number of terminal acetylenes is 1. The van der Waals surface area contributed by atoms with Crippen LogP contribution in [0.5, 0.6) is 0 Å². The van der Waals surface area contributed by atoms with Gasteiger partial charge < -0.3 is 30.1 Å². The molecular weight excluding hydrogens is 510 g/mol. The molecule has 2 fully saturated rings. The molecule has 2 aliphatic rings. The Hall–Kier alpha value is -1.76. The molecule has 0 aromatic carbocycles. The van der Waals surface area contributed by atoms with Crippen molar-refractivity contribution >= 4 is 11.8 Å². The molecule has 0 aromatic heterocycles. The summed E-state index contributed by atoms with van der Waals surface area (Å²) in [5.41, 5.74) is -1.10. The van der Waals surface area contributed by atoms with E-state index in [1.165, 1.54) is 0 Å². The zero-order chi connectivity index (χ0) is 30.5. The van der Waals surface area contributed by atoms with Crippen LogP contribution >= 0.6 is 0 Å². The molecule has 40 heavy (non-hydrogen) atoms. The van der Waals surface area contributed by atoms with Crippen LogP contribution in [-0.2, 0) is 19.1 Å². The first-order valence-corrected chi connectivity index (χ1v) is 14.9. The molecule has 14 atom stereocenters. The van der Waals surface area contributed by atoms with Gasteiger partial charge in [-0.15, -0.1) is 13.0 Å². The average molecular weight is 564 g/mol. The number of aliphatic hydroxyl groups is 3. The minimum atomic E-state index is -1.11. The van der Waals surface area contributed by atoms with E-state index in [0.29, 0.717) is 19.3 Å². The summed E-state index contributed by atoms with van der Waals surface area (Å²) >= 11 is 0. The molecule has 2 rings (SSSR count). The van der Waals surface area contributed by atoms with E-state index in [4.69, 9.17) is 15.9 Å². The molecule has 228 valence electrons. The Morgan fingerprint density at radius 1 is 1.12 bits per heavy atom. The van der Waals surface area contributed by atoms with E-state index in [9.17, 15) is 24.9 Å². The van der Waals surface area contributed by atoms with Gasteiger partial charge in [0.1, 0.15) is 11.9 Å². The first-order valence-electron chi connectivity index (χ1n) is 14.9. The molecule has 4 N–H and O–H groups in total. The lowest BCUT2D eigenvalue weighted by Gasteiger charge is -2.44. The van der Waals surface area contributed by atoms with Crippen LogP contribution in [0.1, 0.15) is 74.1 Å². The zero-order valence-electron chi connectivity index (χ0n) is 25.7. The molecule has 1 aliphatic carbocycles. The predicted molar refractivity (Wildman–Crippen MR) is 155 cm³/mol. The molecule has 1 aliphatic heterocycles. The summed E-state index contributed by atoms with van der Waals surface area (Å²) in [5.74, 6) is -1.25. The van der Waals surface area contributed by atoms with Crippen molar-refractivity contribution in [2.45, 2.75) is 117 Å². The van der Waals surface area contributed by atoms with Crippen LogP contribution in [0.4, 0.5) is 0 Å². The number of nitrogens with one attached hydrogen (secondary N) is 1. The van der Waals surface area contributed by atoms with Crippen LogP contribution in [0.25, 0.3) is 0 Å². The SMILES string of the molecule is C#C[C@@]1(C)C[C@@H](C)C(=O)[C@H](C)[C@@H](O)[C@@H](C=C)[C@@H](CC)OC(=O)[C@H](C)[C@@H](O[C@@H]2CC(C)[C@@H](O)C(NC)C2)[C@H](C)[C@H]1O. The summed E-state index contributed by atoms with van der Waals surface area (Å²) < 4.78 is 12.6. The van der Waals surface area contributed by atoms with Gasteiger partial charge in [-0.2, -0.15) is 0 Å². The van der Waals surface area contributed by atoms with E-state index in [0.717, 1.165) is 0 Å². The molecule has 1 saturated heterocycles. The Kier molecular flexibility index (Phi) is 12.4. The van der Waals surface area contributed by atoms with Crippen molar-refractivity contribution in [3.63, 3.8) is 0 Å². The second-order valence-electron chi connectivity index (χ2n) is 12.7. The number of ether oxygens (including phenoxy) is 2. The van der Waals surface area contributed by atoms with Crippen molar-refractivity contribution in [1.82, 2.24) is 5.32 Å². The number of ketones is 1. The number of hydrogen-bond acceptors (Lipinski definition) is 8. The fourth-order valence-electron chi connectivity index (χ4n) is 6.84. The van der Waals surface area contributed by atoms with Gasteiger partial charge in [-0.25, -0.2) is 0 Å². The van der Waals surface area contributed by atoms with Gasteiger partial charge in [0.25, 0.3) is 0 Å². The molecule has 1 heterocycles. The van der Waals surface area contributed by atoms with Crippen molar-refractivity contribution in [1.29, 1.82) is 0 Å². The third-order valence-corrected chi connectivity index (χ3v) is 9.67. The van der Waals surface area contributed by atoms with Crippen LogP contribution in [-0.4, -0.2) is 76.8 Å². The normalized spacial score (nSPS) is 46.1. The minimum absolute atomic E-state index is 0.0265. The number of esters is 1. The van der Waals surface area contributed by atoms with Crippen LogP contribution in [0.3, 0.4) is 0 Å². The lowest BCUT2D eigenvalue weighted by atomic mass is 9.69. The van der Waals surface area contributed by atoms with E-state index < -0.39 is 71.5 Å². The molecular formula is C32H53NO7. The van der Waals surface area contributed by atoms with Crippen molar-refractivity contribution in [2.24, 2.45) is 40.9 Å². The lowest BCUT2D eigenvalue weighted by molar-refractivity contribution is -0.177. The van der Waals surface area contributed by atoms with Crippen molar-refractivity contribution in [2.75, 3.05) is 7.05 Å². The number of hydrogen-bond donors (Lipinski definition) is 4. The molecule has 0 amide bonds. The number of Topliss-reactive ketones (excluding diaryl/α,β-unsaturated/α-hetero) is 1. The Balaban J connectivity index is 2.56. The molecule has 0 spiro atoms. The Bertz CT molecular complexity index is 917. The van der Waals surface area contributed by atoms with Crippen LogP contribution in [0.15, 0.2) is 12.7 Å². The Morgan fingerprint density at radius 3 is 2.27 bits per heavy atom. The maximum Gasteiger partial charge on any atom is 0.311 e. The summed E-state index contributed by atoms with van der Waals surface area (Å²) in [7, 11) is 1.80. The summed E-state index contributed by atoms with van der Waals surface area (Å²) in [6.45, 7) is 16.4. The van der Waals surface area contributed by atoms with Gasteiger partial charge in [0.2, 0.25) is 0 Å². The quantitative estimate of drug-likeness (QED) is 0.228. The van der Waals surface area contributed by atoms with Gasteiger partial charge in [-0.1, -0.05) is 46.6 Å². The maximum absolute atomic E-state index is 13.6. The Labute approximate surface area is 241 Å². The highest BCUT2D eigenvalue weighted by molar-refractivity contribution is 5.83. The van der Waals surface area contributed by atoms with Gasteiger partial charge in [-0.05, 0) is 52.5 Å². The van der Waals surface area contributed by atoms with E-state index in [1.54, 1.807) is 40.8 Å². The molecule has 1 saturated carbocycles. The fourth-order valence-corrected chi connectivity index (χ4v) is 6.84. The van der Waals surface area contributed by atoms with Crippen LogP contribution < -0.4 is 5.32 Å². The van der Waals surface area contributed by atoms with Crippen molar-refractivity contribution in [3.8, 4) is 12.3 Å². The topological polar surface area (TPSA) is 125 Å². The van der Waals surface area contributed by atoms with E-state index >= 15 is 0 Å². The van der Waals surface area contributed by atoms with Crippen LogP contribution in [0, 0.1) is 53.3 Å². The average Bonchev–Trinajstić information content (AvgIpc) is 2.94. The smallest absolute Gasteiger partial charge is 0.311 e. The van der Waals surface area contributed by atoms with Gasteiger partial charge in [-0.3, -0.25) is 9.59 Å². The second-order valence-corrected chi connectivity index (χ2v) is 12.7. The largest absolute Gasteiger partial charge is 0.461 e. The van der Waals surface area contributed by atoms with Gasteiger partial charge >= 0.3 is 5.97 Å². The van der Waals surface area contributed by atoms with Crippen molar-refractivity contribution in [3.05, 3.63) is 12.7 Å². The number of rotatable bonds is 5. The van der Waals surface area contributed by atoms with E-state index in [-0.39, 0.29) is 30.3 Å². The van der Waals surface area contributed by atoms with Crippen molar-refractivity contribution < 1.29 is 34.4 Å². The molecule has 0 aromatic rings. The van der Waals surface area contributed by atoms with E-state index in [1.807, 2.05) is 20.8 Å². The highest BCUT2D eigenvalue weighted by Crippen LogP contribution is 2.40. The summed E-state index contributed by atoms with van der Waals surface area (Å²) in [4.78, 5) is 27.1. The fraction of sp³-hybridized carbons (Fsp3) is 0.812. The summed E-state index contributed by atoms with van der Waals surface area (Å²) in [6.07, 6.45) is 4.88. The zero-order valence-corrected chi connectivity index (χ0v) is 25.7. The maximum atomic E-state index is 13.6. The first kappa shape index (κ1) is 34.4. The lowest BCUT2D eigenvalue weighted by Crippen LogP contribution is -2.53. The Morgan fingerprint density at radius 2 is 1.75 bits per heavy atom. The standard InChI is InChI=1S/C32H53NO7/c1-11-23-25(12-2)40-31(38)21(8)29(39-22-14-17(4)27(35)24(15-22)33-10)20(7)30(37)32(9,13-3)16-18(5)26(34)19(6)28(23)36/h3,11,17-25,27-30,33,35-37H,1,12,14-16H2,2,4-10H3/t17?,18-,19+,20+,21-,22-,23+,24?,25-,27-,28-,29+,30-,32+/m1/s1. The molecule has 2 unspecified atom stereocenters. The van der Waals surface area contributed by atoms with Gasteiger partial charge in [0.05, 0.1) is 41.9 Å². The third-order valence-electron chi connectivity index (χ3n) is 9.67. The summed E-state index contributed by atoms with van der Waals surface area (Å²) in [6, 6.07) is -0.168. The third kappa shape index (κ3) is 7.35. The molecule has 0 radical (unpaired) electrons. The first-order chi connectivity index (χ1) is 18.7. The second kappa shape index (κ2) is 14.4. The van der Waals surface area contributed by atoms with Gasteiger partial charge in [0.15, 0.2) is 0 Å². The van der Waals surface area contributed by atoms with E-state index in [2.05, 4.69) is 17.8 Å². The molecule has 8 nitrogen and oxygen atoms in total. The number of likely N-dealkylation sites (N-methyl/N-ethyl adjacent to an activating group) is 1. The number of carbonyl (C=O) groups excluding carboxylic acids is 2. The molecule has 8 heteroatoms. The highest BCUT2D eigenvalue weighted by atomic mass is 16.6. The number of cyclic esters (lactones) is 1. The number of carbonyl (C=O) groups is 2. The van der Waals surface area contributed by atoms with Gasteiger partial charge in [0, 0.05) is 29.7 Å². The highest BCUT2D eigenvalue weighted by Gasteiger charge is 2.47. The number of aliphatic hydroxyl groups excluding tert-OH is 3. The van der Waals surface area contributed by atoms with Crippen LogP contribution in [0.2, 0.25) is 0 Å². The summed E-state index contributed by atoms with van der Waals surface area (Å²) in [5, 5.41) is 36.7. The minimum Gasteiger partial charge on any atom is -0.461 e.